The third kappa shape index (κ3) is 3.93. The van der Waals surface area contributed by atoms with Gasteiger partial charge in [0.15, 0.2) is 0 Å². The number of aromatic nitrogens is 2. The summed E-state index contributed by atoms with van der Waals surface area (Å²) in [5.74, 6) is -2.21. The van der Waals surface area contributed by atoms with Crippen LogP contribution in [-0.2, 0) is 22.7 Å². The minimum absolute atomic E-state index is 0.0698. The van der Waals surface area contributed by atoms with E-state index in [2.05, 4.69) is 4.98 Å². The first-order chi connectivity index (χ1) is 14.7. The molecule has 1 unspecified atom stereocenters. The number of carboxylic acid groups (broad SMARTS) is 1. The van der Waals surface area contributed by atoms with Gasteiger partial charge in [-0.25, -0.2) is 4.98 Å². The standard InChI is InChI=1S/C22H19F3N2O4/c1-2-14(21(29)30)15-8-18-19-13(7-12-5-3-4-6-17(12)26-19)9-27(18)20(28)16(15)10-31-11-22(23,24)25/h3-8,14H,2,9-11H2,1H3,(H,29,30). The Morgan fingerprint density at radius 1 is 1.29 bits per heavy atom. The number of hydrogen-bond acceptors (Lipinski definition) is 4. The first-order valence-corrected chi connectivity index (χ1v) is 9.72. The van der Waals surface area contributed by atoms with Crippen LogP contribution in [0.5, 0.6) is 0 Å². The second kappa shape index (κ2) is 7.81. The molecule has 31 heavy (non-hydrogen) atoms. The van der Waals surface area contributed by atoms with E-state index in [4.69, 9.17) is 4.74 Å². The van der Waals surface area contributed by atoms with Gasteiger partial charge in [0.1, 0.15) is 6.61 Å². The predicted octanol–water partition coefficient (Wildman–Crippen LogP) is 4.08. The molecule has 1 aromatic carbocycles. The second-order valence-corrected chi connectivity index (χ2v) is 7.45. The summed E-state index contributed by atoms with van der Waals surface area (Å²) in [6.45, 7) is -0.296. The molecule has 3 aromatic rings. The minimum Gasteiger partial charge on any atom is -0.481 e. The minimum atomic E-state index is -4.55. The molecule has 1 aliphatic rings. The molecule has 4 rings (SSSR count). The average molecular weight is 432 g/mol. The monoisotopic (exact) mass is 432 g/mol. The molecule has 1 N–H and O–H groups in total. The number of halogens is 3. The number of fused-ring (bicyclic) bond motifs is 4. The highest BCUT2D eigenvalue weighted by molar-refractivity contribution is 5.84. The molecule has 6 nitrogen and oxygen atoms in total. The molecule has 0 bridgehead atoms. The number of ether oxygens (including phenoxy) is 1. The number of benzene rings is 1. The van der Waals surface area contributed by atoms with Crippen molar-refractivity contribution in [2.45, 2.75) is 38.6 Å². The summed E-state index contributed by atoms with van der Waals surface area (Å²) in [4.78, 5) is 29.7. The Morgan fingerprint density at radius 2 is 2.03 bits per heavy atom. The van der Waals surface area contributed by atoms with Crippen molar-refractivity contribution in [3.05, 3.63) is 63.4 Å². The lowest BCUT2D eigenvalue weighted by Gasteiger charge is -2.18. The molecular formula is C22H19F3N2O4. The lowest BCUT2D eigenvalue weighted by molar-refractivity contribution is -0.176. The number of hydrogen-bond donors (Lipinski definition) is 1. The van der Waals surface area contributed by atoms with E-state index in [1.54, 1.807) is 13.0 Å². The lowest BCUT2D eigenvalue weighted by atomic mass is 9.92. The highest BCUT2D eigenvalue weighted by Crippen LogP contribution is 2.35. The summed E-state index contributed by atoms with van der Waals surface area (Å²) in [5.41, 5.74) is 2.08. The van der Waals surface area contributed by atoms with Gasteiger partial charge in [-0.1, -0.05) is 25.1 Å². The van der Waals surface area contributed by atoms with Crippen LogP contribution >= 0.6 is 0 Å². The Bertz CT molecular complexity index is 1230. The van der Waals surface area contributed by atoms with Gasteiger partial charge in [-0.3, -0.25) is 9.59 Å². The fourth-order valence-corrected chi connectivity index (χ4v) is 3.99. The predicted molar refractivity (Wildman–Crippen MR) is 107 cm³/mol. The summed E-state index contributed by atoms with van der Waals surface area (Å²) in [7, 11) is 0. The molecule has 1 aliphatic heterocycles. The SMILES string of the molecule is CCC(C(=O)O)c1cc2n(c(=O)c1COCC(F)(F)F)Cc1cc3ccccc3nc1-2. The molecular weight excluding hydrogens is 413 g/mol. The Balaban J connectivity index is 1.86. The third-order valence-electron chi connectivity index (χ3n) is 5.40. The quantitative estimate of drug-likeness (QED) is 0.497. The van der Waals surface area contributed by atoms with Crippen LogP contribution in [0.2, 0.25) is 0 Å². The van der Waals surface area contributed by atoms with E-state index < -0.39 is 36.8 Å². The van der Waals surface area contributed by atoms with E-state index in [9.17, 15) is 27.9 Å². The fraction of sp³-hybridized carbons (Fsp3) is 0.318. The number of rotatable bonds is 6. The number of para-hydroxylation sites is 1. The van der Waals surface area contributed by atoms with E-state index >= 15 is 0 Å². The molecule has 0 amide bonds. The Kier molecular flexibility index (Phi) is 5.30. The van der Waals surface area contributed by atoms with Crippen LogP contribution < -0.4 is 5.56 Å². The molecule has 3 heterocycles. The number of nitrogens with zero attached hydrogens (tertiary/aromatic N) is 2. The Labute approximate surface area is 174 Å². The van der Waals surface area contributed by atoms with Crippen LogP contribution in [0, 0.1) is 0 Å². The van der Waals surface area contributed by atoms with Gasteiger partial charge in [-0.05, 0) is 30.2 Å². The van der Waals surface area contributed by atoms with Crippen molar-refractivity contribution in [1.29, 1.82) is 0 Å². The maximum Gasteiger partial charge on any atom is 0.411 e. The van der Waals surface area contributed by atoms with Crippen molar-refractivity contribution >= 4 is 16.9 Å². The average Bonchev–Trinajstić information content (AvgIpc) is 3.05. The van der Waals surface area contributed by atoms with Crippen LogP contribution in [0.25, 0.3) is 22.3 Å². The Morgan fingerprint density at radius 3 is 2.71 bits per heavy atom. The van der Waals surface area contributed by atoms with Gasteiger partial charge < -0.3 is 14.4 Å². The van der Waals surface area contributed by atoms with Crippen molar-refractivity contribution in [2.75, 3.05) is 6.61 Å². The number of pyridine rings is 2. The van der Waals surface area contributed by atoms with Crippen LogP contribution in [0.4, 0.5) is 13.2 Å². The maximum atomic E-state index is 13.2. The van der Waals surface area contributed by atoms with Gasteiger partial charge in [0, 0.05) is 16.5 Å². The normalized spacial score (nSPS) is 13.8. The van der Waals surface area contributed by atoms with Gasteiger partial charge >= 0.3 is 12.1 Å². The third-order valence-corrected chi connectivity index (χ3v) is 5.40. The highest BCUT2D eigenvalue weighted by Gasteiger charge is 2.31. The van der Waals surface area contributed by atoms with Crippen molar-refractivity contribution in [3.8, 4) is 11.4 Å². The molecule has 2 aromatic heterocycles. The molecule has 162 valence electrons. The van der Waals surface area contributed by atoms with Crippen molar-refractivity contribution in [2.24, 2.45) is 0 Å². The number of carbonyl (C=O) groups is 1. The second-order valence-electron chi connectivity index (χ2n) is 7.45. The zero-order valence-electron chi connectivity index (χ0n) is 16.6. The largest absolute Gasteiger partial charge is 0.481 e. The molecule has 0 radical (unpaired) electrons. The van der Waals surface area contributed by atoms with E-state index in [1.807, 2.05) is 30.3 Å². The van der Waals surface area contributed by atoms with Crippen molar-refractivity contribution in [1.82, 2.24) is 9.55 Å². The summed E-state index contributed by atoms with van der Waals surface area (Å²) in [6.07, 6.45) is -4.38. The molecule has 0 saturated heterocycles. The topological polar surface area (TPSA) is 81.4 Å². The van der Waals surface area contributed by atoms with Crippen molar-refractivity contribution in [3.63, 3.8) is 0 Å². The molecule has 0 aliphatic carbocycles. The zero-order chi connectivity index (χ0) is 22.3. The fourth-order valence-electron chi connectivity index (χ4n) is 3.99. The van der Waals surface area contributed by atoms with Crippen LogP contribution in [-0.4, -0.2) is 33.4 Å². The van der Waals surface area contributed by atoms with E-state index in [1.165, 1.54) is 4.57 Å². The number of alkyl halides is 3. The smallest absolute Gasteiger partial charge is 0.411 e. The summed E-state index contributed by atoms with van der Waals surface area (Å²) < 4.78 is 43.8. The first kappa shape index (κ1) is 21.0. The summed E-state index contributed by atoms with van der Waals surface area (Å²) in [6, 6.07) is 10.9. The molecule has 0 fully saturated rings. The van der Waals surface area contributed by atoms with Crippen LogP contribution in [0.15, 0.2) is 41.2 Å². The number of carboxylic acids is 1. The number of aliphatic carboxylic acids is 1. The first-order valence-electron chi connectivity index (χ1n) is 9.72. The van der Waals surface area contributed by atoms with E-state index in [0.717, 1.165) is 16.5 Å². The van der Waals surface area contributed by atoms with Gasteiger partial charge in [-0.2, -0.15) is 13.2 Å². The maximum absolute atomic E-state index is 13.2. The van der Waals surface area contributed by atoms with Crippen molar-refractivity contribution < 1.29 is 27.8 Å². The van der Waals surface area contributed by atoms with Gasteiger partial charge in [0.05, 0.1) is 36.0 Å². The van der Waals surface area contributed by atoms with Gasteiger partial charge in [0.25, 0.3) is 5.56 Å². The van der Waals surface area contributed by atoms with Crippen LogP contribution in [0.1, 0.15) is 36.0 Å². The van der Waals surface area contributed by atoms with E-state index in [-0.39, 0.29) is 24.1 Å². The summed E-state index contributed by atoms with van der Waals surface area (Å²) >= 11 is 0. The van der Waals surface area contributed by atoms with E-state index in [0.29, 0.717) is 11.4 Å². The highest BCUT2D eigenvalue weighted by atomic mass is 19.4. The molecule has 1 atom stereocenters. The zero-order valence-corrected chi connectivity index (χ0v) is 16.6. The van der Waals surface area contributed by atoms with Gasteiger partial charge in [-0.15, -0.1) is 0 Å². The Hall–Kier alpha value is -3.20. The molecule has 0 spiro atoms. The van der Waals surface area contributed by atoms with Gasteiger partial charge in [0.2, 0.25) is 0 Å². The summed E-state index contributed by atoms with van der Waals surface area (Å²) in [5, 5.41) is 10.5. The lowest BCUT2D eigenvalue weighted by Crippen LogP contribution is -2.28. The molecule has 9 heteroatoms. The molecule has 0 saturated carbocycles. The van der Waals surface area contributed by atoms with Crippen LogP contribution in [0.3, 0.4) is 0 Å².